The molecule has 3 aliphatic carbocycles. The minimum atomic E-state index is -0.535. The van der Waals surface area contributed by atoms with Crippen LogP contribution in [0.25, 0.3) is 0 Å². The maximum atomic E-state index is 10.0. The van der Waals surface area contributed by atoms with Crippen LogP contribution in [0.1, 0.15) is 98.8 Å². The van der Waals surface area contributed by atoms with E-state index < -0.39 is 5.60 Å². The largest absolute Gasteiger partial charge is 0.393 e. The third-order valence-electron chi connectivity index (χ3n) is 8.34. The first-order valence-corrected chi connectivity index (χ1v) is 12.1. The standard InChI is InChI=1S/C27H44O2/c1-19-10-13-23(28)18-22(19)12-11-21-9-7-17-27(5)24(14-15-25(21)27)20(2)8-6-16-26(3,4)29/h9,11-12,20,23-25,28-29H,6-8,10,13-18H2,1-5H3/b12-11+/t20-,23+,24-,25+,27-/m1/s1. The molecule has 5 atom stereocenters. The van der Waals surface area contributed by atoms with Gasteiger partial charge in [0.1, 0.15) is 0 Å². The lowest BCUT2D eigenvalue weighted by atomic mass is 9.62. The molecule has 2 nitrogen and oxygen atoms in total. The molecular weight excluding hydrogens is 356 g/mol. The topological polar surface area (TPSA) is 40.5 Å². The van der Waals surface area contributed by atoms with Crippen LogP contribution in [0.2, 0.25) is 0 Å². The van der Waals surface area contributed by atoms with Crippen LogP contribution in [0, 0.1) is 23.2 Å². The molecule has 0 saturated heterocycles. The van der Waals surface area contributed by atoms with Crippen LogP contribution in [-0.2, 0) is 0 Å². The zero-order valence-corrected chi connectivity index (χ0v) is 19.5. The summed E-state index contributed by atoms with van der Waals surface area (Å²) in [6.07, 6.45) is 18.2. The van der Waals surface area contributed by atoms with E-state index in [1.54, 1.807) is 5.57 Å². The van der Waals surface area contributed by atoms with Crippen LogP contribution in [0.5, 0.6) is 0 Å². The van der Waals surface area contributed by atoms with Crippen molar-refractivity contribution in [2.75, 3.05) is 0 Å². The number of aliphatic hydroxyl groups excluding tert-OH is 1. The van der Waals surface area contributed by atoms with Gasteiger partial charge in [-0.2, -0.15) is 0 Å². The molecule has 0 aliphatic heterocycles. The highest BCUT2D eigenvalue weighted by Gasteiger charge is 2.49. The van der Waals surface area contributed by atoms with Crippen molar-refractivity contribution >= 4 is 0 Å². The summed E-state index contributed by atoms with van der Waals surface area (Å²) in [5, 5.41) is 20.1. The van der Waals surface area contributed by atoms with E-state index in [4.69, 9.17) is 0 Å². The van der Waals surface area contributed by atoms with E-state index in [0.717, 1.165) is 43.9 Å². The summed E-state index contributed by atoms with van der Waals surface area (Å²) in [5.74, 6) is 2.21. The molecule has 0 radical (unpaired) electrons. The van der Waals surface area contributed by atoms with Gasteiger partial charge >= 0.3 is 0 Å². The van der Waals surface area contributed by atoms with Gasteiger partial charge in [0.2, 0.25) is 0 Å². The van der Waals surface area contributed by atoms with Crippen LogP contribution in [0.4, 0.5) is 0 Å². The summed E-state index contributed by atoms with van der Waals surface area (Å²) in [4.78, 5) is 0. The van der Waals surface area contributed by atoms with Gasteiger partial charge in [-0.25, -0.2) is 0 Å². The lowest BCUT2D eigenvalue weighted by molar-refractivity contribution is 0.0613. The fourth-order valence-corrected chi connectivity index (χ4v) is 6.52. The molecule has 0 aromatic carbocycles. The van der Waals surface area contributed by atoms with Crippen LogP contribution >= 0.6 is 0 Å². The molecule has 1 fully saturated rings. The first-order valence-electron chi connectivity index (χ1n) is 12.1. The van der Waals surface area contributed by atoms with Gasteiger partial charge in [0.25, 0.3) is 0 Å². The zero-order valence-electron chi connectivity index (χ0n) is 19.5. The average molecular weight is 401 g/mol. The Balaban J connectivity index is 1.66. The van der Waals surface area contributed by atoms with E-state index >= 15 is 0 Å². The molecule has 0 unspecified atom stereocenters. The van der Waals surface area contributed by atoms with E-state index in [1.165, 1.54) is 43.3 Å². The van der Waals surface area contributed by atoms with Crippen molar-refractivity contribution in [2.45, 2.75) is 111 Å². The Hall–Kier alpha value is -0.860. The van der Waals surface area contributed by atoms with E-state index in [0.29, 0.717) is 11.3 Å². The van der Waals surface area contributed by atoms with Crippen molar-refractivity contribution in [1.82, 2.24) is 0 Å². The molecule has 2 N–H and O–H groups in total. The number of allylic oxidation sites excluding steroid dienone is 5. The second-order valence-corrected chi connectivity index (χ2v) is 11.2. The summed E-state index contributed by atoms with van der Waals surface area (Å²) in [7, 11) is 0. The van der Waals surface area contributed by atoms with Gasteiger partial charge in [0, 0.05) is 0 Å². The van der Waals surface area contributed by atoms with E-state index in [9.17, 15) is 10.2 Å². The minimum absolute atomic E-state index is 0.162. The van der Waals surface area contributed by atoms with Crippen LogP contribution in [0.15, 0.2) is 34.9 Å². The van der Waals surface area contributed by atoms with E-state index in [1.807, 2.05) is 13.8 Å². The predicted octanol–water partition coefficient (Wildman–Crippen LogP) is 6.73. The lowest BCUT2D eigenvalue weighted by Crippen LogP contribution is -2.35. The third-order valence-corrected chi connectivity index (χ3v) is 8.34. The predicted molar refractivity (Wildman–Crippen MR) is 123 cm³/mol. The summed E-state index contributed by atoms with van der Waals surface area (Å²) >= 11 is 0. The van der Waals surface area contributed by atoms with Crippen molar-refractivity contribution in [3.8, 4) is 0 Å². The number of rotatable bonds is 7. The van der Waals surface area contributed by atoms with Gasteiger partial charge in [-0.05, 0) is 106 Å². The van der Waals surface area contributed by atoms with Crippen molar-refractivity contribution in [3.63, 3.8) is 0 Å². The number of hydrogen-bond acceptors (Lipinski definition) is 2. The van der Waals surface area contributed by atoms with Crippen molar-refractivity contribution < 1.29 is 10.2 Å². The van der Waals surface area contributed by atoms with Gasteiger partial charge in [0.15, 0.2) is 0 Å². The van der Waals surface area contributed by atoms with Gasteiger partial charge in [-0.3, -0.25) is 0 Å². The molecule has 3 aliphatic rings. The first kappa shape index (κ1) is 22.8. The van der Waals surface area contributed by atoms with Crippen molar-refractivity contribution in [3.05, 3.63) is 34.9 Å². The Labute approximate surface area is 179 Å². The first-order chi connectivity index (χ1) is 13.6. The Morgan fingerprint density at radius 3 is 2.72 bits per heavy atom. The average Bonchev–Trinajstić information content (AvgIpc) is 2.99. The normalized spacial score (nSPS) is 34.4. The number of aliphatic hydroxyl groups is 2. The Morgan fingerprint density at radius 2 is 2.00 bits per heavy atom. The number of fused-ring (bicyclic) bond motifs is 1. The SMILES string of the molecule is CC1=C(/C=C/C2=CCC[C@]3(C)[C@@H]([C@H](C)CCCC(C)(C)O)CC[C@@H]23)C[C@@H](O)CC1. The van der Waals surface area contributed by atoms with Crippen molar-refractivity contribution in [1.29, 1.82) is 0 Å². The highest BCUT2D eigenvalue weighted by molar-refractivity contribution is 5.36. The Kier molecular flexibility index (Phi) is 7.16. The molecule has 164 valence electrons. The Morgan fingerprint density at radius 1 is 1.24 bits per heavy atom. The summed E-state index contributed by atoms with van der Waals surface area (Å²) in [6, 6.07) is 0. The monoisotopic (exact) mass is 400 g/mol. The minimum Gasteiger partial charge on any atom is -0.393 e. The highest BCUT2D eigenvalue weighted by Crippen LogP contribution is 2.58. The third kappa shape index (κ3) is 5.44. The number of hydrogen-bond donors (Lipinski definition) is 2. The molecule has 0 aromatic heterocycles. The lowest BCUT2D eigenvalue weighted by Gasteiger charge is -2.43. The molecule has 29 heavy (non-hydrogen) atoms. The molecule has 0 bridgehead atoms. The fraction of sp³-hybridized carbons (Fsp3) is 0.778. The van der Waals surface area contributed by atoms with Crippen molar-refractivity contribution in [2.24, 2.45) is 23.2 Å². The van der Waals surface area contributed by atoms with Gasteiger partial charge in [0.05, 0.1) is 11.7 Å². The zero-order chi connectivity index (χ0) is 21.2. The second-order valence-electron chi connectivity index (χ2n) is 11.2. The highest BCUT2D eigenvalue weighted by atomic mass is 16.3. The molecule has 0 heterocycles. The summed E-state index contributed by atoms with van der Waals surface area (Å²) < 4.78 is 0. The van der Waals surface area contributed by atoms with E-state index in [2.05, 4.69) is 39.0 Å². The van der Waals surface area contributed by atoms with Crippen LogP contribution in [-0.4, -0.2) is 21.9 Å². The quantitative estimate of drug-likeness (QED) is 0.497. The molecule has 0 amide bonds. The Bertz CT molecular complexity index is 663. The summed E-state index contributed by atoms with van der Waals surface area (Å²) in [6.45, 7) is 11.1. The molecule has 0 spiro atoms. The molecular formula is C27H44O2. The van der Waals surface area contributed by atoms with Gasteiger partial charge in [-0.1, -0.05) is 50.5 Å². The van der Waals surface area contributed by atoms with Crippen LogP contribution < -0.4 is 0 Å². The van der Waals surface area contributed by atoms with Crippen LogP contribution in [0.3, 0.4) is 0 Å². The fourth-order valence-electron chi connectivity index (χ4n) is 6.52. The second kappa shape index (κ2) is 9.10. The van der Waals surface area contributed by atoms with E-state index in [-0.39, 0.29) is 6.10 Å². The van der Waals surface area contributed by atoms with Gasteiger partial charge < -0.3 is 10.2 Å². The smallest absolute Gasteiger partial charge is 0.0591 e. The molecule has 0 aromatic rings. The maximum absolute atomic E-state index is 10.0. The molecule has 1 saturated carbocycles. The molecule has 2 heteroatoms. The summed E-state index contributed by atoms with van der Waals surface area (Å²) in [5.41, 5.74) is 4.23. The van der Waals surface area contributed by atoms with Gasteiger partial charge in [-0.15, -0.1) is 0 Å². The molecule has 3 rings (SSSR count). The maximum Gasteiger partial charge on any atom is 0.0591 e.